The van der Waals surface area contributed by atoms with Crippen LogP contribution in [0.25, 0.3) is 0 Å². The molecule has 0 aromatic heterocycles. The van der Waals surface area contributed by atoms with Crippen molar-refractivity contribution in [2.24, 2.45) is 0 Å². The van der Waals surface area contributed by atoms with E-state index < -0.39 is 5.97 Å². The van der Waals surface area contributed by atoms with Gasteiger partial charge in [-0.25, -0.2) is 9.59 Å². The summed E-state index contributed by atoms with van der Waals surface area (Å²) in [6.07, 6.45) is -0.128. The molecule has 200 valence electrons. The van der Waals surface area contributed by atoms with Crippen LogP contribution in [0.15, 0.2) is 66.7 Å². The number of amides is 2. The van der Waals surface area contributed by atoms with E-state index in [0.717, 1.165) is 24.2 Å². The Labute approximate surface area is 229 Å². The Kier molecular flexibility index (Phi) is 9.39. The summed E-state index contributed by atoms with van der Waals surface area (Å²) in [6.45, 7) is 7.74. The number of carbonyl (C=O) groups is 2. The van der Waals surface area contributed by atoms with E-state index in [0.29, 0.717) is 48.1 Å². The summed E-state index contributed by atoms with van der Waals surface area (Å²) in [5.41, 5.74) is 5.14. The van der Waals surface area contributed by atoms with E-state index in [1.165, 1.54) is 12.7 Å². The highest BCUT2D eigenvalue weighted by atomic mass is 35.5. The predicted octanol–water partition coefficient (Wildman–Crippen LogP) is 5.85. The van der Waals surface area contributed by atoms with Gasteiger partial charge in [0.2, 0.25) is 0 Å². The monoisotopic (exact) mass is 535 g/mol. The smallest absolute Gasteiger partial charge is 0.338 e. The average molecular weight is 536 g/mol. The highest BCUT2D eigenvalue weighted by molar-refractivity contribution is 6.30. The zero-order valence-electron chi connectivity index (χ0n) is 22.1. The van der Waals surface area contributed by atoms with Crippen molar-refractivity contribution in [3.05, 3.63) is 99.6 Å². The molecule has 0 bridgehead atoms. The normalized spacial score (nSPS) is 14.7. The highest BCUT2D eigenvalue weighted by Crippen LogP contribution is 2.24. The van der Waals surface area contributed by atoms with E-state index in [9.17, 15) is 9.59 Å². The van der Waals surface area contributed by atoms with Crippen molar-refractivity contribution in [3.8, 4) is 0 Å². The first kappa shape index (κ1) is 27.6. The molecule has 8 heteroatoms. The molecule has 1 atom stereocenters. The van der Waals surface area contributed by atoms with Crippen LogP contribution >= 0.6 is 11.6 Å². The number of nitrogens with zero attached hydrogens (tertiary/aromatic N) is 2. The Morgan fingerprint density at radius 1 is 0.974 bits per heavy atom. The van der Waals surface area contributed by atoms with Crippen LogP contribution in [-0.2, 0) is 16.1 Å². The van der Waals surface area contributed by atoms with E-state index >= 15 is 0 Å². The van der Waals surface area contributed by atoms with E-state index in [1.54, 1.807) is 30.0 Å². The van der Waals surface area contributed by atoms with Gasteiger partial charge in [-0.3, -0.25) is 4.90 Å². The molecule has 0 saturated carbocycles. The summed E-state index contributed by atoms with van der Waals surface area (Å²) in [6, 6.07) is 21.2. The van der Waals surface area contributed by atoms with Crippen LogP contribution in [0.5, 0.6) is 0 Å². The number of carbonyl (C=O) groups excluding carboxylic acids is 2. The molecule has 0 spiro atoms. The number of aryl methyl sites for hydroxylation is 1. The molecule has 4 rings (SSSR count). The summed E-state index contributed by atoms with van der Waals surface area (Å²) >= 11 is 6.13. The van der Waals surface area contributed by atoms with Gasteiger partial charge in [-0.05, 0) is 54.8 Å². The molecule has 0 aliphatic carbocycles. The molecule has 1 N–H and O–H groups in total. The second kappa shape index (κ2) is 12.9. The lowest BCUT2D eigenvalue weighted by Crippen LogP contribution is -2.50. The van der Waals surface area contributed by atoms with Crippen LogP contribution in [0.3, 0.4) is 0 Å². The summed E-state index contributed by atoms with van der Waals surface area (Å²) < 4.78 is 11.2. The van der Waals surface area contributed by atoms with Gasteiger partial charge in [-0.15, -0.1) is 0 Å². The van der Waals surface area contributed by atoms with Gasteiger partial charge in [0.15, 0.2) is 0 Å². The van der Waals surface area contributed by atoms with Gasteiger partial charge >= 0.3 is 12.0 Å². The van der Waals surface area contributed by atoms with Crippen LogP contribution in [0.4, 0.5) is 10.5 Å². The van der Waals surface area contributed by atoms with Gasteiger partial charge in [0.1, 0.15) is 0 Å². The molecule has 2 amide bonds. The molecule has 7 nitrogen and oxygen atoms in total. The topological polar surface area (TPSA) is 71.1 Å². The summed E-state index contributed by atoms with van der Waals surface area (Å²) in [5.74, 6) is -0.424. The molecular formula is C30H34ClN3O4. The fraction of sp³-hybridized carbons (Fsp3) is 0.333. The number of piperazine rings is 1. The average Bonchev–Trinajstić information content (AvgIpc) is 2.92. The molecule has 0 unspecified atom stereocenters. The molecule has 1 saturated heterocycles. The van der Waals surface area contributed by atoms with Crippen LogP contribution in [0.2, 0.25) is 5.02 Å². The first-order valence-electron chi connectivity index (χ1n) is 12.7. The maximum atomic E-state index is 13.0. The molecule has 1 aliphatic heterocycles. The van der Waals surface area contributed by atoms with Crippen LogP contribution in [0.1, 0.15) is 38.7 Å². The number of hydrogen-bond donors (Lipinski definition) is 1. The number of methoxy groups -OCH3 is 1. The third kappa shape index (κ3) is 7.13. The lowest BCUT2D eigenvalue weighted by Gasteiger charge is -2.36. The number of urea groups is 1. The fourth-order valence-corrected chi connectivity index (χ4v) is 4.72. The zero-order chi connectivity index (χ0) is 27.1. The van der Waals surface area contributed by atoms with Crippen LogP contribution in [0, 0.1) is 13.8 Å². The van der Waals surface area contributed by atoms with Gasteiger partial charge in [0, 0.05) is 43.4 Å². The minimum absolute atomic E-state index is 0.128. The van der Waals surface area contributed by atoms with Gasteiger partial charge in [-0.1, -0.05) is 59.6 Å². The van der Waals surface area contributed by atoms with Crippen molar-refractivity contribution in [1.29, 1.82) is 0 Å². The third-order valence-corrected chi connectivity index (χ3v) is 7.09. The lowest BCUT2D eigenvalue weighted by atomic mass is 10.1. The fourth-order valence-electron chi connectivity index (χ4n) is 4.59. The molecule has 1 fully saturated rings. The molecule has 38 heavy (non-hydrogen) atoms. The van der Waals surface area contributed by atoms with E-state index in [2.05, 4.69) is 35.3 Å². The number of halogens is 1. The number of anilines is 1. The van der Waals surface area contributed by atoms with Crippen molar-refractivity contribution >= 4 is 29.3 Å². The Balaban J connectivity index is 1.36. The minimum Gasteiger partial charge on any atom is -0.465 e. The molecule has 3 aromatic rings. The maximum absolute atomic E-state index is 13.0. The maximum Gasteiger partial charge on any atom is 0.338 e. The van der Waals surface area contributed by atoms with Gasteiger partial charge in [0.25, 0.3) is 0 Å². The zero-order valence-corrected chi connectivity index (χ0v) is 22.8. The van der Waals surface area contributed by atoms with Crippen molar-refractivity contribution in [1.82, 2.24) is 9.80 Å². The Morgan fingerprint density at radius 2 is 1.68 bits per heavy atom. The van der Waals surface area contributed by atoms with Gasteiger partial charge in [-0.2, -0.15) is 0 Å². The SMILES string of the molecule is COC(=O)c1cccc(NC(=O)N2CCN(C[C@@H](OCc3cccc(C)c3)c3ccc(Cl)cc3)CC2)c1C. The molecule has 1 aliphatic rings. The molecule has 3 aromatic carbocycles. The van der Waals surface area contributed by atoms with E-state index in [1.807, 2.05) is 30.3 Å². The van der Waals surface area contributed by atoms with Gasteiger partial charge in [0.05, 0.1) is 25.4 Å². The van der Waals surface area contributed by atoms with Crippen molar-refractivity contribution in [2.75, 3.05) is 45.2 Å². The lowest BCUT2D eigenvalue weighted by molar-refractivity contribution is 0.00592. The molecule has 1 heterocycles. The minimum atomic E-state index is -0.424. The number of benzene rings is 3. The predicted molar refractivity (Wildman–Crippen MR) is 150 cm³/mol. The first-order valence-corrected chi connectivity index (χ1v) is 13.1. The number of rotatable bonds is 8. The van der Waals surface area contributed by atoms with Crippen molar-refractivity contribution < 1.29 is 19.1 Å². The second-order valence-corrected chi connectivity index (χ2v) is 9.96. The van der Waals surface area contributed by atoms with E-state index in [-0.39, 0.29) is 12.1 Å². The number of hydrogen-bond acceptors (Lipinski definition) is 5. The first-order chi connectivity index (χ1) is 18.3. The Morgan fingerprint density at radius 3 is 2.37 bits per heavy atom. The quantitative estimate of drug-likeness (QED) is 0.366. The summed E-state index contributed by atoms with van der Waals surface area (Å²) in [4.78, 5) is 29.1. The van der Waals surface area contributed by atoms with Crippen LogP contribution in [-0.4, -0.2) is 61.6 Å². The Bertz CT molecular complexity index is 1260. The number of ether oxygens (including phenoxy) is 2. The highest BCUT2D eigenvalue weighted by Gasteiger charge is 2.25. The van der Waals surface area contributed by atoms with E-state index in [4.69, 9.17) is 21.1 Å². The third-order valence-electron chi connectivity index (χ3n) is 6.84. The largest absolute Gasteiger partial charge is 0.465 e. The summed E-state index contributed by atoms with van der Waals surface area (Å²) in [7, 11) is 1.34. The molecular weight excluding hydrogens is 502 g/mol. The number of nitrogens with one attached hydrogen (secondary N) is 1. The number of esters is 1. The standard InChI is InChI=1S/C30H34ClN3O4/c1-21-6-4-7-23(18-21)20-38-28(24-10-12-25(31)13-11-24)19-33-14-16-34(17-15-33)30(36)32-27-9-5-8-26(22(27)2)29(35)37-3/h4-13,18,28H,14-17,19-20H2,1-3H3,(H,32,36)/t28-/m1/s1. The van der Waals surface area contributed by atoms with Gasteiger partial charge < -0.3 is 19.7 Å². The summed E-state index contributed by atoms with van der Waals surface area (Å²) in [5, 5.41) is 3.65. The van der Waals surface area contributed by atoms with Crippen molar-refractivity contribution in [3.63, 3.8) is 0 Å². The van der Waals surface area contributed by atoms with Crippen molar-refractivity contribution in [2.45, 2.75) is 26.6 Å². The Hall–Kier alpha value is -3.39. The van der Waals surface area contributed by atoms with Crippen LogP contribution < -0.4 is 5.32 Å². The second-order valence-electron chi connectivity index (χ2n) is 9.53. The molecule has 0 radical (unpaired) electrons.